The molecule has 0 spiro atoms. The van der Waals surface area contributed by atoms with Crippen LogP contribution in [0, 0.1) is 0 Å². The third kappa shape index (κ3) is 8.75. The number of carbonyl (C=O) groups excluding carboxylic acids is 1. The molecule has 0 aliphatic carbocycles. The van der Waals surface area contributed by atoms with E-state index in [1.165, 1.54) is 0 Å². The fourth-order valence-electron chi connectivity index (χ4n) is 4.25. The minimum Gasteiger partial charge on any atom is -0.507 e. The smallest absolute Gasteiger partial charge is 0.240 e. The summed E-state index contributed by atoms with van der Waals surface area (Å²) in [6.07, 6.45) is 2.40. The molecular formula is C33H41ClN2O4. The fraction of sp³-hybridized carbons (Fsp3) is 0.394. The highest BCUT2D eigenvalue weighted by atomic mass is 35.5. The molecule has 0 radical (unpaired) electrons. The van der Waals surface area contributed by atoms with Crippen molar-refractivity contribution in [3.8, 4) is 17.2 Å². The van der Waals surface area contributed by atoms with Crippen molar-refractivity contribution in [3.63, 3.8) is 0 Å². The molecule has 0 aromatic heterocycles. The molecule has 0 unspecified atom stereocenters. The van der Waals surface area contributed by atoms with Crippen molar-refractivity contribution in [2.24, 2.45) is 5.10 Å². The van der Waals surface area contributed by atoms with Crippen LogP contribution in [0.4, 0.5) is 0 Å². The zero-order valence-corrected chi connectivity index (χ0v) is 25.4. The fourth-order valence-corrected chi connectivity index (χ4v) is 4.47. The predicted octanol–water partition coefficient (Wildman–Crippen LogP) is 7.70. The molecule has 6 nitrogen and oxygen atoms in total. The molecule has 3 rings (SSSR count). The Hall–Kier alpha value is -3.51. The predicted molar refractivity (Wildman–Crippen MR) is 163 cm³/mol. The van der Waals surface area contributed by atoms with Gasteiger partial charge in [-0.15, -0.1) is 0 Å². The highest BCUT2D eigenvalue weighted by Gasteiger charge is 2.26. The first-order valence-electron chi connectivity index (χ1n) is 13.6. The Kier molecular flexibility index (Phi) is 10.3. The number of phenolic OH excluding ortho intramolecular Hbond substituents is 1. The van der Waals surface area contributed by atoms with Crippen molar-refractivity contribution in [1.82, 2.24) is 5.43 Å². The number of hydrazone groups is 1. The van der Waals surface area contributed by atoms with Crippen LogP contribution in [0.2, 0.25) is 5.02 Å². The van der Waals surface area contributed by atoms with Crippen molar-refractivity contribution in [3.05, 3.63) is 87.4 Å². The first-order chi connectivity index (χ1) is 18.8. The number of halogens is 1. The normalized spacial score (nSPS) is 12.0. The molecule has 0 saturated heterocycles. The van der Waals surface area contributed by atoms with Crippen LogP contribution in [-0.2, 0) is 28.7 Å². The minimum absolute atomic E-state index is 0.189. The van der Waals surface area contributed by atoms with Crippen LogP contribution in [0.25, 0.3) is 0 Å². The molecule has 0 atom stereocenters. The van der Waals surface area contributed by atoms with Crippen molar-refractivity contribution >= 4 is 23.7 Å². The van der Waals surface area contributed by atoms with Crippen LogP contribution >= 0.6 is 11.6 Å². The van der Waals surface area contributed by atoms with E-state index >= 15 is 0 Å². The highest BCUT2D eigenvalue weighted by molar-refractivity contribution is 6.30. The van der Waals surface area contributed by atoms with Gasteiger partial charge in [0.25, 0.3) is 0 Å². The zero-order valence-electron chi connectivity index (χ0n) is 24.6. The van der Waals surface area contributed by atoms with Gasteiger partial charge in [0.05, 0.1) is 12.8 Å². The van der Waals surface area contributed by atoms with Gasteiger partial charge in [0, 0.05) is 11.4 Å². The molecule has 0 saturated carbocycles. The van der Waals surface area contributed by atoms with Gasteiger partial charge in [-0.05, 0) is 82.3 Å². The summed E-state index contributed by atoms with van der Waals surface area (Å²) in [5.74, 6) is 1.35. The van der Waals surface area contributed by atoms with Crippen molar-refractivity contribution in [2.45, 2.75) is 78.7 Å². The van der Waals surface area contributed by atoms with E-state index in [9.17, 15) is 9.90 Å². The number of ether oxygens (including phenoxy) is 2. The Morgan fingerprint density at radius 3 is 2.20 bits per heavy atom. The lowest BCUT2D eigenvalue weighted by atomic mass is 9.78. The number of hydrogen-bond donors (Lipinski definition) is 2. The van der Waals surface area contributed by atoms with E-state index in [1.54, 1.807) is 6.21 Å². The maximum atomic E-state index is 12.6. The average Bonchev–Trinajstić information content (AvgIpc) is 2.86. The lowest BCUT2D eigenvalue weighted by Crippen LogP contribution is -2.20. The van der Waals surface area contributed by atoms with Crippen LogP contribution < -0.4 is 14.9 Å². The monoisotopic (exact) mass is 564 g/mol. The summed E-state index contributed by atoms with van der Waals surface area (Å²) < 4.78 is 11.7. The zero-order chi connectivity index (χ0) is 29.5. The van der Waals surface area contributed by atoms with Gasteiger partial charge in [0.2, 0.25) is 5.91 Å². The van der Waals surface area contributed by atoms with E-state index in [0.29, 0.717) is 41.9 Å². The van der Waals surface area contributed by atoms with Crippen LogP contribution in [0.3, 0.4) is 0 Å². The molecule has 0 aliphatic heterocycles. The second-order valence-electron chi connectivity index (χ2n) is 11.9. The molecule has 40 heavy (non-hydrogen) atoms. The third-order valence-corrected chi connectivity index (χ3v) is 6.62. The Morgan fingerprint density at radius 2 is 1.60 bits per heavy atom. The average molecular weight is 565 g/mol. The lowest BCUT2D eigenvalue weighted by Gasteiger charge is -2.28. The summed E-state index contributed by atoms with van der Waals surface area (Å²) in [6, 6.07) is 17.0. The molecule has 3 aromatic rings. The van der Waals surface area contributed by atoms with Crippen LogP contribution in [0.15, 0.2) is 59.7 Å². The summed E-state index contributed by atoms with van der Waals surface area (Å²) in [7, 11) is 0. The van der Waals surface area contributed by atoms with E-state index in [0.717, 1.165) is 27.8 Å². The Morgan fingerprint density at radius 1 is 0.925 bits per heavy atom. The van der Waals surface area contributed by atoms with E-state index < -0.39 is 0 Å². The topological polar surface area (TPSA) is 80.2 Å². The van der Waals surface area contributed by atoms with Gasteiger partial charge in [-0.25, -0.2) is 5.43 Å². The number of rotatable bonds is 10. The molecule has 3 aromatic carbocycles. The molecule has 1 amide bonds. The number of nitrogens with one attached hydrogen (secondary N) is 1. The van der Waals surface area contributed by atoms with E-state index in [2.05, 4.69) is 52.1 Å². The molecular weight excluding hydrogens is 524 g/mol. The van der Waals surface area contributed by atoms with Crippen LogP contribution in [-0.4, -0.2) is 23.8 Å². The summed E-state index contributed by atoms with van der Waals surface area (Å²) >= 11 is 6.07. The third-order valence-electron chi connectivity index (χ3n) is 6.38. The first-order valence-corrected chi connectivity index (χ1v) is 14.0. The lowest BCUT2D eigenvalue weighted by molar-refractivity contribution is -0.121. The number of amides is 1. The quantitative estimate of drug-likeness (QED) is 0.195. The summed E-state index contributed by atoms with van der Waals surface area (Å²) in [6.45, 7) is 15.2. The first kappa shape index (κ1) is 31.0. The van der Waals surface area contributed by atoms with Crippen molar-refractivity contribution in [1.29, 1.82) is 0 Å². The number of nitrogens with zero attached hydrogens (tertiary/aromatic N) is 1. The van der Waals surface area contributed by atoms with Crippen LogP contribution in [0.5, 0.6) is 17.2 Å². The van der Waals surface area contributed by atoms with Gasteiger partial charge < -0.3 is 14.6 Å². The summed E-state index contributed by atoms with van der Waals surface area (Å²) in [5, 5.41) is 15.7. The maximum Gasteiger partial charge on any atom is 0.240 e. The molecule has 0 aliphatic rings. The van der Waals surface area contributed by atoms with Gasteiger partial charge in [-0.1, -0.05) is 77.4 Å². The molecule has 7 heteroatoms. The number of aromatic hydroxyl groups is 1. The molecule has 214 valence electrons. The van der Waals surface area contributed by atoms with Gasteiger partial charge in [0.1, 0.15) is 12.4 Å². The molecule has 0 heterocycles. The minimum atomic E-state index is -0.219. The number of aryl methyl sites for hydroxylation is 1. The highest BCUT2D eigenvalue weighted by Crippen LogP contribution is 2.40. The maximum absolute atomic E-state index is 12.6. The van der Waals surface area contributed by atoms with Gasteiger partial charge in [-0.3, -0.25) is 4.79 Å². The Balaban J connectivity index is 1.63. The second kappa shape index (κ2) is 13.2. The van der Waals surface area contributed by atoms with Gasteiger partial charge in [-0.2, -0.15) is 5.10 Å². The Labute approximate surface area is 243 Å². The second-order valence-corrected chi connectivity index (χ2v) is 12.3. The SMILES string of the molecule is CCOc1cc(/C=N\NC(=O)CCc2cc(C(C)(C)C)c(O)c(C(C)(C)C)c2)ccc1OCc1cccc(Cl)c1. The van der Waals surface area contributed by atoms with Crippen molar-refractivity contribution < 1.29 is 19.4 Å². The molecule has 2 N–H and O–H groups in total. The summed E-state index contributed by atoms with van der Waals surface area (Å²) in [5.41, 5.74) is 6.69. The standard InChI is InChI=1S/C33H41ClN2O4/c1-8-39-29-19-23(12-14-28(29)40-21-24-10-9-11-25(34)16-24)20-35-36-30(37)15-13-22-17-26(32(2,3)4)31(38)27(18-22)33(5,6)7/h9-12,14,16-20,38H,8,13,15,21H2,1-7H3,(H,36,37)/b35-20-. The van der Waals surface area contributed by atoms with Crippen molar-refractivity contribution in [2.75, 3.05) is 6.61 Å². The molecule has 0 fully saturated rings. The molecule has 0 bridgehead atoms. The van der Waals surface area contributed by atoms with Crippen LogP contribution in [0.1, 0.15) is 82.7 Å². The van der Waals surface area contributed by atoms with E-state index in [4.69, 9.17) is 21.1 Å². The number of phenols is 1. The largest absolute Gasteiger partial charge is 0.507 e. The Bertz CT molecular complexity index is 1320. The van der Waals surface area contributed by atoms with Gasteiger partial charge in [0.15, 0.2) is 11.5 Å². The summed E-state index contributed by atoms with van der Waals surface area (Å²) in [4.78, 5) is 12.6. The van der Waals surface area contributed by atoms with E-state index in [-0.39, 0.29) is 23.2 Å². The van der Waals surface area contributed by atoms with E-state index in [1.807, 2.05) is 61.5 Å². The number of carbonyl (C=O) groups is 1. The number of hydrogen-bond acceptors (Lipinski definition) is 5. The number of benzene rings is 3. The van der Waals surface area contributed by atoms with Gasteiger partial charge >= 0.3 is 0 Å².